The summed E-state index contributed by atoms with van der Waals surface area (Å²) in [6.45, 7) is 1.87. The summed E-state index contributed by atoms with van der Waals surface area (Å²) in [4.78, 5) is 0.222. The van der Waals surface area contributed by atoms with Crippen molar-refractivity contribution in [1.29, 1.82) is 0 Å². The van der Waals surface area contributed by atoms with E-state index in [1.54, 1.807) is 36.4 Å². The Labute approximate surface area is 180 Å². The van der Waals surface area contributed by atoms with Gasteiger partial charge in [-0.2, -0.15) is 0 Å². The Morgan fingerprint density at radius 3 is 2.42 bits per heavy atom. The Morgan fingerprint density at radius 2 is 1.65 bits per heavy atom. The monoisotopic (exact) mass is 425 g/mol. The molecule has 0 aliphatic heterocycles. The van der Waals surface area contributed by atoms with Gasteiger partial charge in [-0.1, -0.05) is 54.6 Å². The fourth-order valence-electron chi connectivity index (χ4n) is 3.83. The highest BCUT2D eigenvalue weighted by Crippen LogP contribution is 2.41. The average Bonchev–Trinajstić information content (AvgIpc) is 3.24. The van der Waals surface area contributed by atoms with Gasteiger partial charge in [0.15, 0.2) is 0 Å². The van der Waals surface area contributed by atoms with Crippen LogP contribution in [-0.2, 0) is 10.0 Å². The Hall–Kier alpha value is -3.79. The molecule has 4 aromatic rings. The van der Waals surface area contributed by atoms with Gasteiger partial charge in [-0.15, -0.1) is 5.73 Å². The van der Waals surface area contributed by atoms with Gasteiger partial charge in [-0.05, 0) is 49.4 Å². The van der Waals surface area contributed by atoms with Gasteiger partial charge < -0.3 is 4.42 Å². The van der Waals surface area contributed by atoms with E-state index >= 15 is 0 Å². The van der Waals surface area contributed by atoms with Gasteiger partial charge in [0.05, 0.1) is 21.7 Å². The van der Waals surface area contributed by atoms with E-state index in [9.17, 15) is 8.42 Å². The number of para-hydroxylation sites is 1. The molecule has 0 atom stereocenters. The fourth-order valence-corrected chi connectivity index (χ4v) is 5.39. The molecule has 31 heavy (non-hydrogen) atoms. The van der Waals surface area contributed by atoms with Crippen molar-refractivity contribution in [3.8, 4) is 11.3 Å². The zero-order valence-electron chi connectivity index (χ0n) is 16.8. The standard InChI is InChI=1S/C26H19NO3S/c1-19-17-18-24(30-19)25-22-15-9-10-16-23(22)27(26(25)20-11-5-2-3-6-12-20)31(28,29)21-13-7-4-8-14-21/h2-11,13-18H,1H3. The molecule has 1 aliphatic rings. The van der Waals surface area contributed by atoms with Crippen molar-refractivity contribution in [2.24, 2.45) is 0 Å². The quantitative estimate of drug-likeness (QED) is 0.371. The summed E-state index contributed by atoms with van der Waals surface area (Å²) in [5.74, 6) is 1.37. The average molecular weight is 426 g/mol. The minimum absolute atomic E-state index is 0.222. The van der Waals surface area contributed by atoms with Crippen molar-refractivity contribution in [1.82, 2.24) is 3.97 Å². The van der Waals surface area contributed by atoms with Crippen LogP contribution in [0.2, 0.25) is 0 Å². The highest BCUT2D eigenvalue weighted by Gasteiger charge is 2.29. The number of allylic oxidation sites excluding steroid dienone is 5. The molecule has 0 fully saturated rings. The molecule has 1 aliphatic carbocycles. The zero-order chi connectivity index (χ0) is 21.4. The predicted octanol–water partition coefficient (Wildman–Crippen LogP) is 6.11. The Morgan fingerprint density at radius 1 is 0.871 bits per heavy atom. The van der Waals surface area contributed by atoms with Crippen molar-refractivity contribution in [2.75, 3.05) is 0 Å². The highest BCUT2D eigenvalue weighted by molar-refractivity contribution is 7.90. The third kappa shape index (κ3) is 3.21. The van der Waals surface area contributed by atoms with Gasteiger partial charge in [0.2, 0.25) is 0 Å². The van der Waals surface area contributed by atoms with E-state index in [0.29, 0.717) is 22.5 Å². The molecular formula is C26H19NO3S. The number of hydrogen-bond donors (Lipinski definition) is 0. The molecule has 0 unspecified atom stereocenters. The predicted molar refractivity (Wildman–Crippen MR) is 123 cm³/mol. The molecule has 0 saturated heterocycles. The van der Waals surface area contributed by atoms with E-state index in [-0.39, 0.29) is 4.90 Å². The van der Waals surface area contributed by atoms with Gasteiger partial charge in [-0.25, -0.2) is 12.4 Å². The second-order valence-corrected chi connectivity index (χ2v) is 8.99. The van der Waals surface area contributed by atoms with E-state index in [1.165, 1.54) is 3.97 Å². The first kappa shape index (κ1) is 19.2. The Balaban J connectivity index is 1.96. The summed E-state index contributed by atoms with van der Waals surface area (Å²) in [6, 6.07) is 19.7. The van der Waals surface area contributed by atoms with E-state index in [2.05, 4.69) is 5.73 Å². The lowest BCUT2D eigenvalue weighted by molar-refractivity contribution is 0.548. The van der Waals surface area contributed by atoms with Gasteiger partial charge in [0, 0.05) is 11.0 Å². The van der Waals surface area contributed by atoms with Crippen LogP contribution in [-0.4, -0.2) is 12.4 Å². The topological polar surface area (TPSA) is 52.2 Å². The van der Waals surface area contributed by atoms with Crippen LogP contribution in [0.1, 0.15) is 11.5 Å². The number of hydrogen-bond acceptors (Lipinski definition) is 3. The molecule has 0 N–H and O–H groups in total. The SMILES string of the molecule is Cc1ccc(-c2c(C3=C=CC=CC=C3)n(S(=O)(=O)c3ccccc3)c3ccccc23)o1. The molecule has 2 aromatic carbocycles. The van der Waals surface area contributed by atoms with Crippen molar-refractivity contribution in [3.05, 3.63) is 114 Å². The second kappa shape index (κ2) is 7.47. The molecule has 4 nitrogen and oxygen atoms in total. The maximum atomic E-state index is 13.9. The molecule has 0 spiro atoms. The van der Waals surface area contributed by atoms with Crippen molar-refractivity contribution in [3.63, 3.8) is 0 Å². The minimum Gasteiger partial charge on any atom is -0.461 e. The normalized spacial score (nSPS) is 13.5. The lowest BCUT2D eigenvalue weighted by Gasteiger charge is -2.13. The van der Waals surface area contributed by atoms with Crippen LogP contribution in [0.5, 0.6) is 0 Å². The van der Waals surface area contributed by atoms with E-state index in [1.807, 2.05) is 67.6 Å². The molecule has 152 valence electrons. The largest absolute Gasteiger partial charge is 0.461 e. The Bertz CT molecular complexity index is 1520. The number of aryl methyl sites for hydroxylation is 1. The first-order chi connectivity index (χ1) is 15.1. The first-order valence-electron chi connectivity index (χ1n) is 9.88. The summed E-state index contributed by atoms with van der Waals surface area (Å²) < 4.78 is 35.2. The maximum absolute atomic E-state index is 13.9. The number of furan rings is 1. The number of aromatic nitrogens is 1. The number of nitrogens with zero attached hydrogens (tertiary/aromatic N) is 1. The summed E-state index contributed by atoms with van der Waals surface area (Å²) in [6.07, 6.45) is 9.27. The molecule has 5 rings (SSSR count). The van der Waals surface area contributed by atoms with Gasteiger partial charge in [-0.3, -0.25) is 0 Å². The summed E-state index contributed by atoms with van der Waals surface area (Å²) in [5, 5.41) is 0.797. The van der Waals surface area contributed by atoms with Crippen molar-refractivity contribution < 1.29 is 12.8 Å². The lowest BCUT2D eigenvalue weighted by atomic mass is 10.0. The number of rotatable bonds is 4. The van der Waals surface area contributed by atoms with Gasteiger partial charge in [0.25, 0.3) is 10.0 Å². The molecule has 0 radical (unpaired) electrons. The summed E-state index contributed by atoms with van der Waals surface area (Å²) in [7, 11) is -3.89. The third-order valence-electron chi connectivity index (χ3n) is 5.18. The van der Waals surface area contributed by atoms with Gasteiger partial charge in [0.1, 0.15) is 11.5 Å². The molecule has 2 aromatic heterocycles. The van der Waals surface area contributed by atoms with Crippen LogP contribution in [0.4, 0.5) is 0 Å². The maximum Gasteiger partial charge on any atom is 0.268 e. The molecule has 2 heterocycles. The van der Waals surface area contributed by atoms with Crippen LogP contribution < -0.4 is 0 Å². The first-order valence-corrected chi connectivity index (χ1v) is 11.3. The van der Waals surface area contributed by atoms with E-state index < -0.39 is 10.0 Å². The molecule has 0 saturated carbocycles. The highest BCUT2D eigenvalue weighted by atomic mass is 32.2. The van der Waals surface area contributed by atoms with Crippen LogP contribution in [0.3, 0.4) is 0 Å². The smallest absolute Gasteiger partial charge is 0.268 e. The Kier molecular flexibility index (Phi) is 4.63. The van der Waals surface area contributed by atoms with Crippen LogP contribution in [0, 0.1) is 6.92 Å². The molecule has 0 amide bonds. The molecule has 0 bridgehead atoms. The minimum atomic E-state index is -3.89. The third-order valence-corrected chi connectivity index (χ3v) is 6.90. The fraction of sp³-hybridized carbons (Fsp3) is 0.0385. The van der Waals surface area contributed by atoms with Crippen molar-refractivity contribution >= 4 is 26.5 Å². The van der Waals surface area contributed by atoms with Crippen LogP contribution in [0.15, 0.2) is 112 Å². The van der Waals surface area contributed by atoms with Crippen LogP contribution in [0.25, 0.3) is 27.8 Å². The van der Waals surface area contributed by atoms with E-state index in [0.717, 1.165) is 16.7 Å². The lowest BCUT2D eigenvalue weighted by Crippen LogP contribution is -2.15. The summed E-state index contributed by atoms with van der Waals surface area (Å²) in [5.41, 5.74) is 5.73. The molecular weight excluding hydrogens is 406 g/mol. The second-order valence-electron chi connectivity index (χ2n) is 7.20. The zero-order valence-corrected chi connectivity index (χ0v) is 17.6. The van der Waals surface area contributed by atoms with Crippen molar-refractivity contribution in [2.45, 2.75) is 11.8 Å². The van der Waals surface area contributed by atoms with E-state index in [4.69, 9.17) is 4.42 Å². The number of benzene rings is 2. The van der Waals surface area contributed by atoms with Gasteiger partial charge >= 0.3 is 0 Å². The van der Waals surface area contributed by atoms with Crippen LogP contribution >= 0.6 is 0 Å². The summed E-state index contributed by atoms with van der Waals surface area (Å²) >= 11 is 0. The molecule has 5 heteroatoms. The number of fused-ring (bicyclic) bond motifs is 1.